The van der Waals surface area contributed by atoms with E-state index < -0.39 is 0 Å². The first-order chi connectivity index (χ1) is 26.6. The molecule has 0 aliphatic carbocycles. The lowest BCUT2D eigenvalue weighted by molar-refractivity contribution is -0.143. The molecule has 0 aromatic heterocycles. The molecular weight excluding hydrogens is 376 g/mol. The number of ether oxygens (including phenoxy) is 2. The number of hydrogen-bond acceptors (Lipinski definition) is 4. The Bertz CT molecular complexity index is 467. The minimum absolute atomic E-state index is 0. The van der Waals surface area contributed by atoms with Gasteiger partial charge in [-0.15, -0.1) is 13.2 Å². The summed E-state index contributed by atoms with van der Waals surface area (Å²) in [6.07, 6.45) is 21.7. The predicted octanol–water partition coefficient (Wildman–Crippen LogP) is 10.5. The SMILES string of the molecule is C=CCCCCCCCC(=O)OCC=C.C=CCCCCCCCC(=O)OCC=C.[2HH].[2H][2H].[2H][2H].[2H][2H].[2H][2H].[2H][2H].[2H][2H].[2H][2H].[2H][2H].[2H][2H].[2H][2H].[2H][2H].[2H][2H]. The average molecular weight is 472 g/mol. The molecule has 0 aromatic rings. The number of hydrogen-bond donors (Lipinski definition) is 0. The summed E-state index contributed by atoms with van der Waals surface area (Å²) in [5.74, 6) is -0.220. The second kappa shape index (κ2) is 26.9. The van der Waals surface area contributed by atoms with Crippen LogP contribution in [0.2, 0.25) is 0 Å². The van der Waals surface area contributed by atoms with Gasteiger partial charge in [0.25, 0.3) is 0 Å². The summed E-state index contributed by atoms with van der Waals surface area (Å²) in [7, 11) is 0. The maximum absolute atomic E-state index is 11.1. The van der Waals surface area contributed by atoms with Crippen LogP contribution in [0.4, 0.5) is 0 Å². The molecule has 0 spiro atoms. The van der Waals surface area contributed by atoms with E-state index in [1.807, 2.05) is 12.2 Å². The van der Waals surface area contributed by atoms with E-state index in [0.717, 1.165) is 38.5 Å². The zero-order valence-electron chi connectivity index (χ0n) is 43.1. The predicted molar refractivity (Wildman–Crippen MR) is 155 cm³/mol. The van der Waals surface area contributed by atoms with E-state index in [1.165, 1.54) is 38.5 Å². The number of rotatable bonds is 20. The largest absolute Gasteiger partial charge is 0.461 e. The highest BCUT2D eigenvalue weighted by Gasteiger charge is 2.01. The molecule has 30 heavy (non-hydrogen) atoms. The van der Waals surface area contributed by atoms with Gasteiger partial charge in [-0.3, -0.25) is 9.59 Å². The van der Waals surface area contributed by atoms with Gasteiger partial charge in [0.15, 0.2) is 0 Å². The second-order valence-corrected chi connectivity index (χ2v) is 7.13. The van der Waals surface area contributed by atoms with Gasteiger partial charge in [-0.2, -0.15) is 0 Å². The van der Waals surface area contributed by atoms with Gasteiger partial charge in [0.05, 0.1) is 0 Å². The fraction of sp³-hybridized carbons (Fsp3) is 0.615. The molecule has 0 aliphatic heterocycles. The standard InChI is InChI=1S/2C13H22O2.13H2/c2*1-3-5-6-7-8-9-10-11-13(14)15-12-4-2;;;;;;;;;;;;;/h2*3-4H,1-2,5-12H2;13*1H/i;;12*1+1D;1+1. The van der Waals surface area contributed by atoms with Gasteiger partial charge in [0, 0.05) is 49.9 Å². The minimum atomic E-state index is -0.110. The quantitative estimate of drug-likeness (QED) is 0.101. The molecule has 0 atom stereocenters. The Hall–Kier alpha value is -2.10. The van der Waals surface area contributed by atoms with Crippen molar-refractivity contribution in [2.45, 2.75) is 89.9 Å². The molecule has 0 amide bonds. The van der Waals surface area contributed by atoms with Gasteiger partial charge < -0.3 is 9.47 Å². The molecule has 0 unspecified atom stereocenters. The molecule has 0 rings (SSSR count). The van der Waals surface area contributed by atoms with Gasteiger partial charge in [0.2, 0.25) is 0 Å². The zero-order chi connectivity index (χ0) is 46.7. The summed E-state index contributed by atoms with van der Waals surface area (Å²) < 4.78 is 130. The van der Waals surface area contributed by atoms with Gasteiger partial charge >= 0.3 is 11.9 Å². The van der Waals surface area contributed by atoms with Crippen LogP contribution in [-0.2, 0) is 19.1 Å². The highest BCUT2D eigenvalue weighted by molar-refractivity contribution is 5.69. The first-order valence-electron chi connectivity index (χ1n) is 23.4. The highest BCUT2D eigenvalue weighted by Crippen LogP contribution is 2.08. The lowest BCUT2D eigenvalue weighted by Crippen LogP contribution is -2.03. The number of allylic oxidation sites excluding steroid dienone is 2. The average Bonchev–Trinajstić information content (AvgIpc) is 3.30. The van der Waals surface area contributed by atoms with E-state index in [0.29, 0.717) is 26.1 Å². The first-order valence-corrected chi connectivity index (χ1v) is 11.4. The number of esters is 2. The second-order valence-electron chi connectivity index (χ2n) is 7.13. The van der Waals surface area contributed by atoms with Crippen molar-refractivity contribution in [1.82, 2.24) is 0 Å². The Balaban J connectivity index is -0.0000000285. The van der Waals surface area contributed by atoms with E-state index >= 15 is 0 Å². The van der Waals surface area contributed by atoms with E-state index in [1.54, 1.807) is 12.2 Å². The fourth-order valence-electron chi connectivity index (χ4n) is 2.62. The van der Waals surface area contributed by atoms with Crippen LogP contribution in [0.3, 0.4) is 0 Å². The van der Waals surface area contributed by atoms with Crippen LogP contribution in [0.1, 0.15) is 127 Å². The highest BCUT2D eigenvalue weighted by atomic mass is 16.5. The molecule has 0 aromatic carbocycles. The Morgan fingerprint density at radius 3 is 1.23 bits per heavy atom. The maximum atomic E-state index is 11.1. The van der Waals surface area contributed by atoms with Gasteiger partial charge in [-0.05, 0) is 38.5 Å². The van der Waals surface area contributed by atoms with Crippen LogP contribution in [0.25, 0.3) is 0 Å². The van der Waals surface area contributed by atoms with Crippen molar-refractivity contribution in [2.24, 2.45) is 0 Å². The third kappa shape index (κ3) is 28.1. The number of carbonyl (C=O) groups excluding carboxylic acids is 2. The van der Waals surface area contributed by atoms with E-state index in [-0.39, 0.29) is 13.4 Å². The Morgan fingerprint density at radius 1 is 0.567 bits per heavy atom. The lowest BCUT2D eigenvalue weighted by Gasteiger charge is -2.01. The molecule has 4 nitrogen and oxygen atoms in total. The molecule has 0 aliphatic rings. The van der Waals surface area contributed by atoms with Crippen LogP contribution < -0.4 is 0 Å². The summed E-state index contributed by atoms with van der Waals surface area (Å²) in [5, 5.41) is 0. The minimum Gasteiger partial charge on any atom is -0.461 e. The molecular formula is C26H70O4. The first kappa shape index (κ1) is 14.1. The summed E-state index contributed by atoms with van der Waals surface area (Å²) >= 11 is 0. The van der Waals surface area contributed by atoms with Crippen LogP contribution in [0, 0.1) is 0 Å². The topological polar surface area (TPSA) is 52.6 Å². The monoisotopic (exact) mass is 472 g/mol. The van der Waals surface area contributed by atoms with Crippen molar-refractivity contribution in [3.05, 3.63) is 50.6 Å². The Kier molecular flexibility index (Phi) is 12.6. The fourth-order valence-corrected chi connectivity index (χ4v) is 2.62. The molecule has 0 saturated carbocycles. The van der Waals surface area contributed by atoms with E-state index in [9.17, 15) is 9.59 Å². The number of unbranched alkanes of at least 4 members (excludes halogenated alkanes) is 10. The van der Waals surface area contributed by atoms with E-state index in [4.69, 9.17) is 45.1 Å². The summed E-state index contributed by atoms with van der Waals surface area (Å²) in [4.78, 5) is 22.1. The molecule has 198 valence electrons. The lowest BCUT2D eigenvalue weighted by atomic mass is 10.1. The molecule has 0 N–H and O–H groups in total. The van der Waals surface area contributed by atoms with Crippen molar-refractivity contribution in [3.63, 3.8) is 0 Å². The summed E-state index contributed by atoms with van der Waals surface area (Å²) in [5.41, 5.74) is 0. The van der Waals surface area contributed by atoms with Crippen LogP contribution in [-0.4, -0.2) is 25.2 Å². The molecule has 0 heterocycles. The van der Waals surface area contributed by atoms with Gasteiger partial charge in [0.1, 0.15) is 13.2 Å². The number of carbonyl (C=O) groups is 2. The van der Waals surface area contributed by atoms with Crippen LogP contribution in [0.15, 0.2) is 50.6 Å². The summed E-state index contributed by atoms with van der Waals surface area (Å²) in [6.45, 7) is 15.0. The molecule has 0 fully saturated rings. The van der Waals surface area contributed by atoms with Crippen molar-refractivity contribution >= 4 is 11.9 Å². The molecule has 0 radical (unpaired) electrons. The van der Waals surface area contributed by atoms with Gasteiger partial charge in [-0.1, -0.05) is 76.0 Å². The zero-order valence-corrected chi connectivity index (χ0v) is 19.1. The Morgan fingerprint density at radius 2 is 0.900 bits per heavy atom. The molecule has 0 saturated heterocycles. The van der Waals surface area contributed by atoms with Crippen molar-refractivity contribution < 1.29 is 56.1 Å². The normalized spacial score (nSPS) is 12.8. The van der Waals surface area contributed by atoms with Crippen LogP contribution in [0.5, 0.6) is 0 Å². The van der Waals surface area contributed by atoms with Crippen molar-refractivity contribution in [3.8, 4) is 0 Å². The van der Waals surface area contributed by atoms with Crippen LogP contribution >= 0.6 is 0 Å². The molecule has 4 heteroatoms. The Labute approximate surface area is 223 Å². The van der Waals surface area contributed by atoms with Crippen molar-refractivity contribution in [2.75, 3.05) is 13.2 Å². The smallest absolute Gasteiger partial charge is 0.306 e. The van der Waals surface area contributed by atoms with Crippen molar-refractivity contribution in [1.29, 1.82) is 0 Å². The molecule has 0 bridgehead atoms. The maximum Gasteiger partial charge on any atom is 0.306 e. The third-order valence-electron chi connectivity index (χ3n) is 4.30. The van der Waals surface area contributed by atoms with Gasteiger partial charge in [-0.25, -0.2) is 0 Å². The van der Waals surface area contributed by atoms with E-state index in [2.05, 4.69) is 26.3 Å². The third-order valence-corrected chi connectivity index (χ3v) is 4.30. The summed E-state index contributed by atoms with van der Waals surface area (Å²) in [6, 6.07) is 0.